The van der Waals surface area contributed by atoms with Crippen molar-refractivity contribution in [1.29, 1.82) is 0 Å². The second kappa shape index (κ2) is 7.41. The summed E-state index contributed by atoms with van der Waals surface area (Å²) in [4.78, 5) is 14.5. The van der Waals surface area contributed by atoms with E-state index in [1.165, 1.54) is 23.3 Å². The molecule has 0 saturated heterocycles. The summed E-state index contributed by atoms with van der Waals surface area (Å²) in [6.07, 6.45) is 3.10. The predicted octanol–water partition coefficient (Wildman–Crippen LogP) is 3.94. The third-order valence-electron chi connectivity index (χ3n) is 4.40. The number of hydrogen-bond acceptors (Lipinski definition) is 2. The van der Waals surface area contributed by atoms with E-state index in [9.17, 15) is 9.18 Å². The Bertz CT molecular complexity index is 742. The van der Waals surface area contributed by atoms with Gasteiger partial charge in [0.05, 0.1) is 6.04 Å². The van der Waals surface area contributed by atoms with E-state index in [4.69, 9.17) is 0 Å². The molecule has 0 spiro atoms. The quantitative estimate of drug-likeness (QED) is 0.924. The second-order valence-corrected chi connectivity index (χ2v) is 6.02. The first-order valence-electron chi connectivity index (χ1n) is 8.18. The smallest absolute Gasteiger partial charge is 0.241 e. The lowest BCUT2D eigenvalue weighted by Gasteiger charge is -2.31. The molecule has 1 atom stereocenters. The zero-order chi connectivity index (χ0) is 16.9. The molecular weight excluding hydrogens is 303 g/mol. The summed E-state index contributed by atoms with van der Waals surface area (Å²) in [6.45, 7) is 3.45. The van der Waals surface area contributed by atoms with Gasteiger partial charge in [-0.15, -0.1) is 0 Å². The lowest BCUT2D eigenvalue weighted by molar-refractivity contribution is -0.120. The number of carbonyl (C=O) groups is 1. The fraction of sp³-hybridized carbons (Fsp3) is 0.250. The Morgan fingerprint density at radius 1 is 1.17 bits per heavy atom. The normalized spacial score (nSPS) is 16.3. The number of anilines is 1. The molecule has 1 aliphatic heterocycles. The number of halogens is 1. The first-order valence-corrected chi connectivity index (χ1v) is 8.18. The van der Waals surface area contributed by atoms with E-state index in [1.807, 2.05) is 25.1 Å². The van der Waals surface area contributed by atoms with Crippen LogP contribution in [-0.2, 0) is 4.79 Å². The van der Waals surface area contributed by atoms with Crippen molar-refractivity contribution in [2.24, 2.45) is 0 Å². The monoisotopic (exact) mass is 324 g/mol. The number of hydrogen-bond donors (Lipinski definition) is 1. The Morgan fingerprint density at radius 2 is 1.96 bits per heavy atom. The largest absolute Gasteiger partial charge is 0.325 e. The summed E-state index contributed by atoms with van der Waals surface area (Å²) >= 11 is 0. The maximum atomic E-state index is 13.2. The van der Waals surface area contributed by atoms with Crippen LogP contribution in [0.3, 0.4) is 0 Å². The van der Waals surface area contributed by atoms with Gasteiger partial charge in [-0.25, -0.2) is 4.39 Å². The summed E-state index contributed by atoms with van der Waals surface area (Å²) < 4.78 is 13.2. The van der Waals surface area contributed by atoms with Gasteiger partial charge in [0, 0.05) is 18.8 Å². The third kappa shape index (κ3) is 3.89. The minimum atomic E-state index is -0.353. The Kier molecular flexibility index (Phi) is 5.06. The highest BCUT2D eigenvalue weighted by atomic mass is 19.1. The minimum absolute atomic E-state index is 0.114. The SMILES string of the molecule is C[C@@H](C(=O)Nc1cccc(F)c1)N1CC=C(c2ccccc2)CC1. The zero-order valence-electron chi connectivity index (χ0n) is 13.7. The average molecular weight is 324 g/mol. The average Bonchev–Trinajstić information content (AvgIpc) is 2.62. The molecule has 0 aromatic heterocycles. The van der Waals surface area contributed by atoms with Gasteiger partial charge in [0.2, 0.25) is 5.91 Å². The van der Waals surface area contributed by atoms with Crippen LogP contribution in [0.15, 0.2) is 60.7 Å². The number of nitrogens with one attached hydrogen (secondary N) is 1. The highest BCUT2D eigenvalue weighted by Gasteiger charge is 2.23. The number of benzene rings is 2. The van der Waals surface area contributed by atoms with Crippen LogP contribution >= 0.6 is 0 Å². The molecule has 2 aromatic rings. The Balaban J connectivity index is 1.61. The van der Waals surface area contributed by atoms with E-state index >= 15 is 0 Å². The van der Waals surface area contributed by atoms with Gasteiger partial charge in [0.1, 0.15) is 5.82 Å². The van der Waals surface area contributed by atoms with Gasteiger partial charge >= 0.3 is 0 Å². The van der Waals surface area contributed by atoms with Crippen LogP contribution in [0.25, 0.3) is 5.57 Å². The van der Waals surface area contributed by atoms with Crippen LogP contribution in [0.4, 0.5) is 10.1 Å². The van der Waals surface area contributed by atoms with Crippen molar-refractivity contribution in [1.82, 2.24) is 4.90 Å². The summed E-state index contributed by atoms with van der Waals surface area (Å²) in [5.74, 6) is -0.467. The predicted molar refractivity (Wildman–Crippen MR) is 95.1 cm³/mol. The number of carbonyl (C=O) groups excluding carboxylic acids is 1. The number of amides is 1. The highest BCUT2D eigenvalue weighted by molar-refractivity contribution is 5.94. The van der Waals surface area contributed by atoms with Crippen molar-refractivity contribution >= 4 is 17.2 Å². The van der Waals surface area contributed by atoms with Gasteiger partial charge in [0.15, 0.2) is 0 Å². The fourth-order valence-corrected chi connectivity index (χ4v) is 2.93. The highest BCUT2D eigenvalue weighted by Crippen LogP contribution is 2.23. The minimum Gasteiger partial charge on any atom is -0.325 e. The van der Waals surface area contributed by atoms with Crippen LogP contribution in [0.2, 0.25) is 0 Å². The molecule has 0 unspecified atom stereocenters. The summed E-state index contributed by atoms with van der Waals surface area (Å²) in [6, 6.07) is 16.0. The van der Waals surface area contributed by atoms with Crippen molar-refractivity contribution in [3.8, 4) is 0 Å². The molecule has 0 fully saturated rings. The van der Waals surface area contributed by atoms with E-state index in [1.54, 1.807) is 12.1 Å². The van der Waals surface area contributed by atoms with Crippen molar-refractivity contribution < 1.29 is 9.18 Å². The first kappa shape index (κ1) is 16.4. The molecule has 124 valence electrons. The van der Waals surface area contributed by atoms with Gasteiger partial charge in [0.25, 0.3) is 0 Å². The molecule has 1 aliphatic rings. The zero-order valence-corrected chi connectivity index (χ0v) is 13.7. The van der Waals surface area contributed by atoms with Crippen molar-refractivity contribution in [2.45, 2.75) is 19.4 Å². The molecule has 1 heterocycles. The molecule has 3 rings (SSSR count). The molecule has 0 saturated carbocycles. The van der Waals surface area contributed by atoms with Gasteiger partial charge in [-0.05, 0) is 42.7 Å². The lowest BCUT2D eigenvalue weighted by Crippen LogP contribution is -2.44. The number of rotatable bonds is 4. The Labute approximate surface area is 141 Å². The summed E-state index contributed by atoms with van der Waals surface area (Å²) in [7, 11) is 0. The molecule has 2 aromatic carbocycles. The molecule has 24 heavy (non-hydrogen) atoms. The summed E-state index contributed by atoms with van der Waals surface area (Å²) in [5, 5.41) is 2.78. The van der Waals surface area contributed by atoms with Crippen LogP contribution in [0, 0.1) is 5.82 Å². The molecule has 1 N–H and O–H groups in total. The maximum Gasteiger partial charge on any atom is 0.241 e. The molecule has 0 bridgehead atoms. The van der Waals surface area contributed by atoms with E-state index in [0.717, 1.165) is 19.5 Å². The molecular formula is C20H21FN2O. The summed E-state index contributed by atoms with van der Waals surface area (Å²) in [5.41, 5.74) is 3.06. The second-order valence-electron chi connectivity index (χ2n) is 6.02. The topological polar surface area (TPSA) is 32.3 Å². The Hall–Kier alpha value is -2.46. The van der Waals surface area contributed by atoms with E-state index in [0.29, 0.717) is 5.69 Å². The molecule has 4 heteroatoms. The van der Waals surface area contributed by atoms with E-state index < -0.39 is 0 Å². The fourth-order valence-electron chi connectivity index (χ4n) is 2.93. The van der Waals surface area contributed by atoms with Crippen LogP contribution < -0.4 is 5.32 Å². The van der Waals surface area contributed by atoms with Crippen molar-refractivity contribution in [3.63, 3.8) is 0 Å². The number of nitrogens with zero attached hydrogens (tertiary/aromatic N) is 1. The molecule has 1 amide bonds. The third-order valence-corrected chi connectivity index (χ3v) is 4.40. The van der Waals surface area contributed by atoms with Crippen LogP contribution in [-0.4, -0.2) is 29.9 Å². The van der Waals surface area contributed by atoms with Gasteiger partial charge in [-0.1, -0.05) is 42.5 Å². The van der Waals surface area contributed by atoms with Crippen molar-refractivity contribution in [3.05, 3.63) is 72.1 Å². The van der Waals surface area contributed by atoms with E-state index in [2.05, 4.69) is 28.4 Å². The van der Waals surface area contributed by atoms with Gasteiger partial charge in [-0.3, -0.25) is 9.69 Å². The van der Waals surface area contributed by atoms with Crippen LogP contribution in [0.5, 0.6) is 0 Å². The van der Waals surface area contributed by atoms with E-state index in [-0.39, 0.29) is 17.8 Å². The molecule has 0 radical (unpaired) electrons. The molecule has 3 nitrogen and oxygen atoms in total. The van der Waals surface area contributed by atoms with Crippen LogP contribution in [0.1, 0.15) is 18.9 Å². The maximum absolute atomic E-state index is 13.2. The van der Waals surface area contributed by atoms with Gasteiger partial charge < -0.3 is 5.32 Å². The van der Waals surface area contributed by atoms with Crippen molar-refractivity contribution in [2.75, 3.05) is 18.4 Å². The Morgan fingerprint density at radius 3 is 2.62 bits per heavy atom. The standard InChI is InChI=1S/C20H21FN2O/c1-15(20(24)22-19-9-5-8-18(21)14-19)23-12-10-17(11-13-23)16-6-3-2-4-7-16/h2-10,14-15H,11-13H2,1H3,(H,22,24)/t15-/m0/s1. The molecule has 0 aliphatic carbocycles. The lowest BCUT2D eigenvalue weighted by atomic mass is 9.99. The van der Waals surface area contributed by atoms with Gasteiger partial charge in [-0.2, -0.15) is 0 Å². The first-order chi connectivity index (χ1) is 11.6.